The van der Waals surface area contributed by atoms with Crippen molar-refractivity contribution in [2.24, 2.45) is 5.92 Å². The molecule has 1 fully saturated rings. The van der Waals surface area contributed by atoms with Gasteiger partial charge >= 0.3 is 12.2 Å². The summed E-state index contributed by atoms with van der Waals surface area (Å²) >= 11 is 0. The molecule has 7 nitrogen and oxygen atoms in total. The molecule has 1 aromatic rings. The smallest absolute Gasteiger partial charge is 0.401 e. The lowest BCUT2D eigenvalue weighted by atomic mass is 9.97. The Hall–Kier alpha value is -1.84. The fraction of sp³-hybridized carbons (Fsp3) is 0.750. The number of rotatable bonds is 5. The first-order valence-electron chi connectivity index (χ1n) is 6.98. The van der Waals surface area contributed by atoms with Crippen LogP contribution < -0.4 is 11.1 Å². The molecule has 0 saturated carbocycles. The summed E-state index contributed by atoms with van der Waals surface area (Å²) in [6.45, 7) is -0.211. The van der Waals surface area contributed by atoms with Gasteiger partial charge < -0.3 is 15.5 Å². The maximum Gasteiger partial charge on any atom is 0.401 e. The second-order valence-corrected chi connectivity index (χ2v) is 5.26. The molecule has 0 aromatic carbocycles. The number of carbonyl (C=O) groups is 1. The summed E-state index contributed by atoms with van der Waals surface area (Å²) in [6.07, 6.45) is -2.74. The lowest BCUT2D eigenvalue weighted by Gasteiger charge is -2.32. The quantitative estimate of drug-likeness (QED) is 0.823. The van der Waals surface area contributed by atoms with E-state index in [1.807, 2.05) is 0 Å². The van der Waals surface area contributed by atoms with Crippen LogP contribution >= 0.6 is 0 Å². The number of likely N-dealkylation sites (tertiary alicyclic amines) is 1. The number of nitrogens with two attached hydrogens (primary N) is 1. The van der Waals surface area contributed by atoms with Crippen molar-refractivity contribution in [1.29, 1.82) is 0 Å². The summed E-state index contributed by atoms with van der Waals surface area (Å²) in [7, 11) is 0. The van der Waals surface area contributed by atoms with E-state index in [1.165, 1.54) is 4.90 Å². The molecule has 2 rings (SSSR count). The highest BCUT2D eigenvalue weighted by Gasteiger charge is 2.34. The Balaban J connectivity index is 1.74. The van der Waals surface area contributed by atoms with Crippen LogP contribution in [0.1, 0.15) is 18.7 Å². The van der Waals surface area contributed by atoms with Gasteiger partial charge in [0.25, 0.3) is 0 Å². The fourth-order valence-corrected chi connectivity index (χ4v) is 2.47. The second kappa shape index (κ2) is 6.95. The minimum atomic E-state index is -4.24. The molecule has 3 N–H and O–H groups in total. The van der Waals surface area contributed by atoms with Crippen molar-refractivity contribution in [1.82, 2.24) is 20.4 Å². The highest BCUT2D eigenvalue weighted by Crippen LogP contribution is 2.22. The number of nitrogens with zero attached hydrogens (tertiary/aromatic N) is 3. The predicted octanol–water partition coefficient (Wildman–Crippen LogP) is 0.585. The number of aromatic nitrogens is 2. The van der Waals surface area contributed by atoms with Gasteiger partial charge in [-0.25, -0.2) is 0 Å². The Morgan fingerprint density at radius 2 is 2.23 bits per heavy atom. The van der Waals surface area contributed by atoms with Crippen molar-refractivity contribution in [2.75, 3.05) is 31.9 Å². The third kappa shape index (κ3) is 5.17. The Kier molecular flexibility index (Phi) is 5.22. The number of nitrogens with one attached hydrogen (secondary N) is 1. The van der Waals surface area contributed by atoms with Crippen molar-refractivity contribution in [3.63, 3.8) is 0 Å². The number of anilines is 1. The molecule has 2 heterocycles. The third-order valence-electron chi connectivity index (χ3n) is 3.40. The number of alkyl halides is 3. The fourth-order valence-electron chi connectivity index (χ4n) is 2.47. The highest BCUT2D eigenvalue weighted by molar-refractivity contribution is 5.78. The first-order chi connectivity index (χ1) is 10.3. The molecule has 1 amide bonds. The zero-order valence-electron chi connectivity index (χ0n) is 11.9. The van der Waals surface area contributed by atoms with Crippen molar-refractivity contribution in [3.8, 4) is 0 Å². The highest BCUT2D eigenvalue weighted by atomic mass is 19.4. The van der Waals surface area contributed by atoms with Crippen molar-refractivity contribution in [3.05, 3.63) is 5.89 Å². The molecule has 1 saturated heterocycles. The maximum atomic E-state index is 12.4. The van der Waals surface area contributed by atoms with Crippen molar-refractivity contribution in [2.45, 2.75) is 25.4 Å². The van der Waals surface area contributed by atoms with E-state index in [9.17, 15) is 18.0 Å². The van der Waals surface area contributed by atoms with Gasteiger partial charge in [0, 0.05) is 19.5 Å². The molecule has 0 radical (unpaired) electrons. The van der Waals surface area contributed by atoms with Crippen LogP contribution in [0.25, 0.3) is 0 Å². The Morgan fingerprint density at radius 3 is 2.86 bits per heavy atom. The van der Waals surface area contributed by atoms with Gasteiger partial charge in [-0.1, -0.05) is 5.10 Å². The third-order valence-corrected chi connectivity index (χ3v) is 3.40. The predicted molar refractivity (Wildman–Crippen MR) is 70.6 cm³/mol. The normalized spacial score (nSPS) is 20.0. The first kappa shape index (κ1) is 16.5. The van der Waals surface area contributed by atoms with E-state index in [2.05, 4.69) is 15.5 Å². The molecule has 0 spiro atoms. The van der Waals surface area contributed by atoms with E-state index in [-0.39, 0.29) is 25.0 Å². The number of piperidine rings is 1. The second-order valence-electron chi connectivity index (χ2n) is 5.26. The van der Waals surface area contributed by atoms with Crippen LogP contribution in [0, 0.1) is 5.92 Å². The summed E-state index contributed by atoms with van der Waals surface area (Å²) in [6, 6.07) is -0.0450. The number of carbonyl (C=O) groups excluding carboxylic acids is 1. The molecule has 1 aliphatic rings. The SMILES string of the molecule is Nc1nnc(CCNC(=O)C2CCCN(CC(F)(F)F)C2)o1. The van der Waals surface area contributed by atoms with E-state index < -0.39 is 18.6 Å². The van der Waals surface area contributed by atoms with Gasteiger partial charge in [-0.2, -0.15) is 13.2 Å². The Bertz CT molecular complexity index is 505. The topological polar surface area (TPSA) is 97.3 Å². The molecule has 0 aliphatic carbocycles. The number of nitrogen functional groups attached to an aromatic ring is 1. The van der Waals surface area contributed by atoms with Crippen LogP contribution in [0.15, 0.2) is 4.42 Å². The van der Waals surface area contributed by atoms with Crippen molar-refractivity contribution >= 4 is 11.9 Å². The summed E-state index contributed by atoms with van der Waals surface area (Å²) < 4.78 is 42.1. The Morgan fingerprint density at radius 1 is 1.45 bits per heavy atom. The van der Waals surface area contributed by atoms with E-state index in [4.69, 9.17) is 10.2 Å². The lowest BCUT2D eigenvalue weighted by Crippen LogP contribution is -2.46. The summed E-state index contributed by atoms with van der Waals surface area (Å²) in [5.74, 6) is -0.372. The lowest BCUT2D eigenvalue weighted by molar-refractivity contribution is -0.152. The molecule has 0 bridgehead atoms. The Labute approximate surface area is 125 Å². The molecule has 124 valence electrons. The van der Waals surface area contributed by atoms with Crippen LogP contribution in [0.3, 0.4) is 0 Å². The van der Waals surface area contributed by atoms with Crippen LogP contribution in [-0.2, 0) is 11.2 Å². The molecule has 1 unspecified atom stereocenters. The molecular formula is C12H18F3N5O2. The zero-order chi connectivity index (χ0) is 16.2. The average Bonchev–Trinajstić information content (AvgIpc) is 2.83. The van der Waals surface area contributed by atoms with Gasteiger partial charge in [-0.3, -0.25) is 9.69 Å². The van der Waals surface area contributed by atoms with Gasteiger partial charge in [0.05, 0.1) is 12.5 Å². The maximum absolute atomic E-state index is 12.4. The number of hydrogen-bond acceptors (Lipinski definition) is 6. The summed E-state index contributed by atoms with van der Waals surface area (Å²) in [5, 5.41) is 9.81. The van der Waals surface area contributed by atoms with Crippen molar-refractivity contribution < 1.29 is 22.4 Å². The van der Waals surface area contributed by atoms with E-state index in [1.54, 1.807) is 0 Å². The van der Waals surface area contributed by atoms with E-state index in [0.29, 0.717) is 31.7 Å². The average molecular weight is 321 g/mol. The van der Waals surface area contributed by atoms with Crippen LogP contribution in [0.4, 0.5) is 19.2 Å². The van der Waals surface area contributed by atoms with E-state index in [0.717, 1.165) is 0 Å². The first-order valence-corrected chi connectivity index (χ1v) is 6.98. The number of hydrogen-bond donors (Lipinski definition) is 2. The van der Waals surface area contributed by atoms with Crippen LogP contribution in [0.5, 0.6) is 0 Å². The van der Waals surface area contributed by atoms with Gasteiger partial charge in [0.15, 0.2) is 0 Å². The van der Waals surface area contributed by atoms with Gasteiger partial charge in [0.1, 0.15) is 0 Å². The molecule has 1 atom stereocenters. The molecule has 22 heavy (non-hydrogen) atoms. The molecule has 10 heteroatoms. The van der Waals surface area contributed by atoms with E-state index >= 15 is 0 Å². The summed E-state index contributed by atoms with van der Waals surface area (Å²) in [5.41, 5.74) is 5.27. The molecule has 1 aliphatic heterocycles. The monoisotopic (exact) mass is 321 g/mol. The van der Waals surface area contributed by atoms with Gasteiger partial charge in [-0.05, 0) is 19.4 Å². The molecular weight excluding hydrogens is 303 g/mol. The number of halogens is 3. The number of amides is 1. The van der Waals surface area contributed by atoms with Gasteiger partial charge in [-0.15, -0.1) is 5.10 Å². The zero-order valence-corrected chi connectivity index (χ0v) is 11.9. The van der Waals surface area contributed by atoms with Gasteiger partial charge in [0.2, 0.25) is 11.8 Å². The van der Waals surface area contributed by atoms with Crippen LogP contribution in [0.2, 0.25) is 0 Å². The molecule has 1 aromatic heterocycles. The largest absolute Gasteiger partial charge is 0.408 e. The standard InChI is InChI=1S/C12H18F3N5O2/c13-12(14,15)7-20-5-1-2-8(6-20)10(21)17-4-3-9-18-19-11(16)22-9/h8H,1-7H2,(H2,16,19)(H,17,21). The van der Waals surface area contributed by atoms with Crippen LogP contribution in [-0.4, -0.2) is 53.4 Å². The minimum absolute atomic E-state index is 0.0450. The summed E-state index contributed by atoms with van der Waals surface area (Å²) in [4.78, 5) is 13.3. The minimum Gasteiger partial charge on any atom is -0.408 e.